The number of carbonyl (C=O) groups is 2. The minimum atomic E-state index is -0.535. The average molecular weight is 353 g/mol. The van der Waals surface area contributed by atoms with Gasteiger partial charge in [0, 0.05) is 13.0 Å². The van der Waals surface area contributed by atoms with Crippen molar-refractivity contribution in [2.75, 3.05) is 26.9 Å². The molecule has 0 aromatic heterocycles. The van der Waals surface area contributed by atoms with Crippen molar-refractivity contribution in [2.24, 2.45) is 0 Å². The number of hydrogen-bond donors (Lipinski definition) is 1. The zero-order chi connectivity index (χ0) is 18.7. The van der Waals surface area contributed by atoms with Crippen LogP contribution in [0.3, 0.4) is 0 Å². The van der Waals surface area contributed by atoms with Crippen LogP contribution in [-0.2, 0) is 14.3 Å². The second-order valence-electron chi connectivity index (χ2n) is 6.28. The maximum Gasteiger partial charge on any atom is 0.407 e. The number of methoxy groups -OCH3 is 1. The molecule has 1 amide bonds. The molecule has 0 aliphatic heterocycles. The van der Waals surface area contributed by atoms with Crippen LogP contribution < -0.4 is 14.8 Å². The zero-order valence-corrected chi connectivity index (χ0v) is 15.3. The lowest BCUT2D eigenvalue weighted by atomic mass is 10.2. The molecular formula is C18H27NO6. The molecule has 0 radical (unpaired) electrons. The van der Waals surface area contributed by atoms with E-state index < -0.39 is 11.7 Å². The van der Waals surface area contributed by atoms with E-state index in [9.17, 15) is 9.59 Å². The van der Waals surface area contributed by atoms with Gasteiger partial charge in [-0.15, -0.1) is 0 Å². The smallest absolute Gasteiger partial charge is 0.407 e. The van der Waals surface area contributed by atoms with Gasteiger partial charge in [0.1, 0.15) is 30.3 Å². The summed E-state index contributed by atoms with van der Waals surface area (Å²) < 4.78 is 20.7. The molecular weight excluding hydrogens is 326 g/mol. The van der Waals surface area contributed by atoms with Gasteiger partial charge in [-0.25, -0.2) is 4.79 Å². The van der Waals surface area contributed by atoms with Gasteiger partial charge in [-0.1, -0.05) is 0 Å². The van der Waals surface area contributed by atoms with Crippen molar-refractivity contribution in [3.63, 3.8) is 0 Å². The van der Waals surface area contributed by atoms with E-state index in [0.717, 1.165) is 5.75 Å². The molecule has 0 atom stereocenters. The molecule has 0 fully saturated rings. The highest BCUT2D eigenvalue weighted by Crippen LogP contribution is 2.16. The molecule has 0 spiro atoms. The largest absolute Gasteiger partial charge is 0.497 e. The molecule has 1 rings (SSSR count). The first kappa shape index (κ1) is 20.6. The molecule has 0 saturated carbocycles. The van der Waals surface area contributed by atoms with Crippen molar-refractivity contribution in [2.45, 2.75) is 39.2 Å². The molecule has 0 bridgehead atoms. The number of benzene rings is 1. The summed E-state index contributed by atoms with van der Waals surface area (Å²) in [7, 11) is 1.60. The van der Waals surface area contributed by atoms with Gasteiger partial charge < -0.3 is 24.3 Å². The lowest BCUT2D eigenvalue weighted by Gasteiger charge is -2.19. The van der Waals surface area contributed by atoms with Gasteiger partial charge in [-0.2, -0.15) is 0 Å². The SMILES string of the molecule is COc1ccc(OCCOC(=O)CCCNC(=O)OC(C)(C)C)cc1. The fourth-order valence-corrected chi connectivity index (χ4v) is 1.80. The van der Waals surface area contributed by atoms with Gasteiger partial charge in [0.05, 0.1) is 7.11 Å². The van der Waals surface area contributed by atoms with Crippen molar-refractivity contribution < 1.29 is 28.5 Å². The monoisotopic (exact) mass is 353 g/mol. The highest BCUT2D eigenvalue weighted by atomic mass is 16.6. The number of ether oxygens (including phenoxy) is 4. The van der Waals surface area contributed by atoms with Crippen LogP contribution in [0, 0.1) is 0 Å². The summed E-state index contributed by atoms with van der Waals surface area (Å²) >= 11 is 0. The Hall–Kier alpha value is -2.44. The third kappa shape index (κ3) is 10.1. The van der Waals surface area contributed by atoms with E-state index in [1.165, 1.54) is 0 Å². The Morgan fingerprint density at radius 2 is 1.68 bits per heavy atom. The first-order valence-corrected chi connectivity index (χ1v) is 8.19. The highest BCUT2D eigenvalue weighted by molar-refractivity contribution is 5.70. The minimum Gasteiger partial charge on any atom is -0.497 e. The summed E-state index contributed by atoms with van der Waals surface area (Å²) in [6.07, 6.45) is 0.212. The Morgan fingerprint density at radius 3 is 2.28 bits per heavy atom. The van der Waals surface area contributed by atoms with Crippen LogP contribution in [-0.4, -0.2) is 44.5 Å². The number of hydrogen-bond acceptors (Lipinski definition) is 6. The van der Waals surface area contributed by atoms with Crippen molar-refractivity contribution in [1.29, 1.82) is 0 Å². The molecule has 7 heteroatoms. The predicted molar refractivity (Wildman–Crippen MR) is 92.9 cm³/mol. The molecule has 0 aliphatic carbocycles. The Kier molecular flexibility index (Phi) is 8.60. The predicted octanol–water partition coefficient (Wildman–Crippen LogP) is 2.92. The maximum atomic E-state index is 11.6. The number of alkyl carbamates (subject to hydrolysis) is 1. The number of carbonyl (C=O) groups excluding carboxylic acids is 2. The van der Waals surface area contributed by atoms with Crippen LogP contribution in [0.2, 0.25) is 0 Å². The van der Waals surface area contributed by atoms with Crippen LogP contribution in [0.15, 0.2) is 24.3 Å². The van der Waals surface area contributed by atoms with E-state index in [4.69, 9.17) is 18.9 Å². The topological polar surface area (TPSA) is 83.1 Å². The lowest BCUT2D eigenvalue weighted by Crippen LogP contribution is -2.33. The quantitative estimate of drug-likeness (QED) is 0.543. The van der Waals surface area contributed by atoms with Crippen molar-refractivity contribution in [1.82, 2.24) is 5.32 Å². The van der Waals surface area contributed by atoms with Gasteiger partial charge >= 0.3 is 12.1 Å². The van der Waals surface area contributed by atoms with E-state index in [1.54, 1.807) is 52.1 Å². The van der Waals surface area contributed by atoms with Gasteiger partial charge in [0.25, 0.3) is 0 Å². The van der Waals surface area contributed by atoms with Crippen LogP contribution >= 0.6 is 0 Å². The number of amides is 1. The van der Waals surface area contributed by atoms with Crippen LogP contribution in [0.5, 0.6) is 11.5 Å². The van der Waals surface area contributed by atoms with Crippen LogP contribution in [0.25, 0.3) is 0 Å². The van der Waals surface area contributed by atoms with Crippen LogP contribution in [0.1, 0.15) is 33.6 Å². The van der Waals surface area contributed by atoms with E-state index in [-0.39, 0.29) is 25.6 Å². The molecule has 0 unspecified atom stereocenters. The molecule has 7 nitrogen and oxygen atoms in total. The second-order valence-corrected chi connectivity index (χ2v) is 6.28. The highest BCUT2D eigenvalue weighted by Gasteiger charge is 2.15. The number of esters is 1. The first-order chi connectivity index (χ1) is 11.8. The summed E-state index contributed by atoms with van der Waals surface area (Å²) in [4.78, 5) is 23.0. The number of nitrogens with one attached hydrogen (secondary N) is 1. The standard InChI is InChI=1S/C18H27NO6/c1-18(2,3)25-17(21)19-11-5-6-16(20)24-13-12-23-15-9-7-14(22-4)8-10-15/h7-10H,5-6,11-13H2,1-4H3,(H,19,21). The minimum absolute atomic E-state index is 0.171. The van der Waals surface area contributed by atoms with E-state index in [0.29, 0.717) is 18.7 Å². The van der Waals surface area contributed by atoms with E-state index >= 15 is 0 Å². The summed E-state index contributed by atoms with van der Waals surface area (Å²) in [6.45, 7) is 6.17. The summed E-state index contributed by atoms with van der Waals surface area (Å²) in [5.74, 6) is 1.10. The molecule has 1 N–H and O–H groups in total. The third-order valence-electron chi connectivity index (χ3n) is 2.90. The zero-order valence-electron chi connectivity index (χ0n) is 15.3. The first-order valence-electron chi connectivity index (χ1n) is 8.19. The van der Waals surface area contributed by atoms with Crippen molar-refractivity contribution in [3.8, 4) is 11.5 Å². The fourth-order valence-electron chi connectivity index (χ4n) is 1.80. The third-order valence-corrected chi connectivity index (χ3v) is 2.90. The molecule has 0 heterocycles. The Morgan fingerprint density at radius 1 is 1.04 bits per heavy atom. The van der Waals surface area contributed by atoms with Gasteiger partial charge in [-0.3, -0.25) is 4.79 Å². The average Bonchev–Trinajstić information content (AvgIpc) is 2.54. The summed E-state index contributed by atoms with van der Waals surface area (Å²) in [6, 6.07) is 7.14. The molecule has 0 saturated heterocycles. The summed E-state index contributed by atoms with van der Waals surface area (Å²) in [5.41, 5.74) is -0.535. The van der Waals surface area contributed by atoms with Gasteiger partial charge in [-0.05, 0) is 51.5 Å². The fraction of sp³-hybridized carbons (Fsp3) is 0.556. The number of rotatable bonds is 9. The molecule has 140 valence electrons. The van der Waals surface area contributed by atoms with E-state index in [2.05, 4.69) is 5.32 Å². The normalized spacial score (nSPS) is 10.7. The molecule has 25 heavy (non-hydrogen) atoms. The van der Waals surface area contributed by atoms with Gasteiger partial charge in [0.15, 0.2) is 0 Å². The van der Waals surface area contributed by atoms with E-state index in [1.807, 2.05) is 0 Å². The summed E-state index contributed by atoms with van der Waals surface area (Å²) in [5, 5.41) is 2.59. The second kappa shape index (κ2) is 10.4. The van der Waals surface area contributed by atoms with Crippen molar-refractivity contribution in [3.05, 3.63) is 24.3 Å². The van der Waals surface area contributed by atoms with Gasteiger partial charge in [0.2, 0.25) is 0 Å². The Labute approximate surface area is 148 Å². The Balaban J connectivity index is 2.06. The maximum absolute atomic E-state index is 11.6. The Bertz CT molecular complexity index is 535. The molecule has 1 aromatic rings. The molecule has 0 aliphatic rings. The molecule has 1 aromatic carbocycles. The van der Waals surface area contributed by atoms with Crippen molar-refractivity contribution >= 4 is 12.1 Å². The van der Waals surface area contributed by atoms with Crippen LogP contribution in [0.4, 0.5) is 4.79 Å². The lowest BCUT2D eigenvalue weighted by molar-refractivity contribution is -0.144.